The first-order valence-corrected chi connectivity index (χ1v) is 12.6. The van der Waals surface area contributed by atoms with E-state index in [4.69, 9.17) is 4.74 Å². The number of nitrogens with zero attached hydrogens (tertiary/aromatic N) is 1. The molecule has 38 heavy (non-hydrogen) atoms. The smallest absolute Gasteiger partial charge is 0.300 e. The van der Waals surface area contributed by atoms with Gasteiger partial charge in [-0.05, 0) is 72.6 Å². The van der Waals surface area contributed by atoms with E-state index in [1.165, 1.54) is 4.90 Å². The molecule has 2 aliphatic rings. The van der Waals surface area contributed by atoms with Crippen molar-refractivity contribution in [3.8, 4) is 5.75 Å². The highest BCUT2D eigenvalue weighted by atomic mass is 16.5. The van der Waals surface area contributed by atoms with E-state index in [-0.39, 0.29) is 11.3 Å². The zero-order valence-electron chi connectivity index (χ0n) is 20.8. The molecule has 1 unspecified atom stereocenters. The maximum absolute atomic E-state index is 13.5. The van der Waals surface area contributed by atoms with Gasteiger partial charge >= 0.3 is 0 Å². The quantitative estimate of drug-likeness (QED) is 0.190. The minimum atomic E-state index is -0.771. The molecular formula is C32H26N2O4. The van der Waals surface area contributed by atoms with Crippen LogP contribution in [0.15, 0.2) is 103 Å². The number of carbonyl (C=O) groups is 2. The van der Waals surface area contributed by atoms with E-state index >= 15 is 0 Å². The molecule has 2 N–H and O–H groups in total. The zero-order valence-corrected chi connectivity index (χ0v) is 20.8. The molecule has 1 atom stereocenters. The second-order valence-electron chi connectivity index (χ2n) is 9.54. The second-order valence-corrected chi connectivity index (χ2v) is 9.54. The highest BCUT2D eigenvalue weighted by Crippen LogP contribution is 2.43. The van der Waals surface area contributed by atoms with Crippen molar-refractivity contribution in [1.82, 2.24) is 0 Å². The Labute approximate surface area is 220 Å². The van der Waals surface area contributed by atoms with E-state index in [2.05, 4.69) is 5.32 Å². The van der Waals surface area contributed by atoms with E-state index in [1.807, 2.05) is 91.9 Å². The number of Topliss-reactive ketones (excluding diaryl/α,β-unsaturated/α-hetero) is 1. The van der Waals surface area contributed by atoms with E-state index < -0.39 is 17.7 Å². The fourth-order valence-corrected chi connectivity index (χ4v) is 5.14. The van der Waals surface area contributed by atoms with Gasteiger partial charge in [-0.2, -0.15) is 0 Å². The molecule has 1 fully saturated rings. The minimum Gasteiger partial charge on any atom is -0.507 e. The van der Waals surface area contributed by atoms with Crippen molar-refractivity contribution >= 4 is 34.5 Å². The Balaban J connectivity index is 1.43. The van der Waals surface area contributed by atoms with Gasteiger partial charge in [0.15, 0.2) is 0 Å². The number of aliphatic hydroxyl groups excluding tert-OH is 1. The summed E-state index contributed by atoms with van der Waals surface area (Å²) < 4.78 is 5.59. The Bertz CT molecular complexity index is 1580. The Morgan fingerprint density at radius 2 is 1.66 bits per heavy atom. The molecule has 188 valence electrons. The fourth-order valence-electron chi connectivity index (χ4n) is 5.14. The number of hydrogen-bond acceptors (Lipinski definition) is 5. The number of fused-ring (bicyclic) bond motifs is 1. The molecule has 4 aromatic carbocycles. The Morgan fingerprint density at radius 1 is 0.895 bits per heavy atom. The highest BCUT2D eigenvalue weighted by molar-refractivity contribution is 6.51. The summed E-state index contributed by atoms with van der Waals surface area (Å²) in [5.41, 5.74) is 5.64. The number of rotatable bonds is 5. The predicted molar refractivity (Wildman–Crippen MR) is 148 cm³/mol. The van der Waals surface area contributed by atoms with Gasteiger partial charge in [0, 0.05) is 29.0 Å². The van der Waals surface area contributed by atoms with Crippen molar-refractivity contribution in [2.24, 2.45) is 0 Å². The first-order valence-electron chi connectivity index (χ1n) is 12.6. The van der Waals surface area contributed by atoms with Crippen LogP contribution < -0.4 is 15.0 Å². The zero-order chi connectivity index (χ0) is 26.2. The third kappa shape index (κ3) is 4.20. The lowest BCUT2D eigenvalue weighted by Gasteiger charge is -2.26. The maximum Gasteiger partial charge on any atom is 0.300 e. The van der Waals surface area contributed by atoms with Crippen molar-refractivity contribution in [2.45, 2.75) is 19.4 Å². The van der Waals surface area contributed by atoms with Gasteiger partial charge in [0.05, 0.1) is 18.2 Å². The number of hydrogen-bond donors (Lipinski definition) is 2. The number of anilines is 3. The predicted octanol–water partition coefficient (Wildman–Crippen LogP) is 6.30. The van der Waals surface area contributed by atoms with Crippen LogP contribution in [0.25, 0.3) is 5.76 Å². The molecule has 6 heteroatoms. The van der Waals surface area contributed by atoms with Crippen molar-refractivity contribution in [3.63, 3.8) is 0 Å². The number of nitrogens with one attached hydrogen (secondary N) is 1. The molecule has 0 spiro atoms. The Hall–Kier alpha value is -4.84. The number of aryl methyl sites for hydroxylation is 1. The van der Waals surface area contributed by atoms with E-state index in [0.29, 0.717) is 17.9 Å². The number of carbonyl (C=O) groups excluding carboxylic acids is 2. The number of ether oxygens (including phenoxy) is 1. The molecule has 0 aliphatic carbocycles. The molecule has 0 aromatic heterocycles. The van der Waals surface area contributed by atoms with Crippen LogP contribution in [0.1, 0.15) is 28.3 Å². The number of amides is 1. The Morgan fingerprint density at radius 3 is 2.42 bits per heavy atom. The van der Waals surface area contributed by atoms with Gasteiger partial charge in [0.25, 0.3) is 11.7 Å². The molecule has 4 aromatic rings. The van der Waals surface area contributed by atoms with Crippen molar-refractivity contribution in [3.05, 3.63) is 125 Å². The summed E-state index contributed by atoms with van der Waals surface area (Å²) in [5.74, 6) is -0.792. The van der Waals surface area contributed by atoms with Crippen LogP contribution in [0.3, 0.4) is 0 Å². The molecule has 2 heterocycles. The second kappa shape index (κ2) is 9.56. The summed E-state index contributed by atoms with van der Waals surface area (Å²) >= 11 is 0. The van der Waals surface area contributed by atoms with E-state index in [0.717, 1.165) is 40.2 Å². The van der Waals surface area contributed by atoms with Crippen molar-refractivity contribution in [1.29, 1.82) is 0 Å². The molecule has 0 bridgehead atoms. The number of aliphatic hydroxyl groups is 1. The third-order valence-electron chi connectivity index (χ3n) is 6.97. The average molecular weight is 503 g/mol. The molecule has 2 aliphatic heterocycles. The van der Waals surface area contributed by atoms with Crippen LogP contribution in [0, 0.1) is 6.92 Å². The van der Waals surface area contributed by atoms with Gasteiger partial charge in [0.1, 0.15) is 11.5 Å². The normalized spacial score (nSPS) is 17.8. The lowest BCUT2D eigenvalue weighted by molar-refractivity contribution is -0.132. The first kappa shape index (κ1) is 23.6. The summed E-state index contributed by atoms with van der Waals surface area (Å²) in [4.78, 5) is 28.4. The minimum absolute atomic E-state index is 0.0750. The summed E-state index contributed by atoms with van der Waals surface area (Å²) in [6.07, 6.45) is 0.732. The van der Waals surface area contributed by atoms with Crippen LogP contribution in [0.4, 0.5) is 17.1 Å². The van der Waals surface area contributed by atoms with Crippen LogP contribution in [0.5, 0.6) is 5.75 Å². The third-order valence-corrected chi connectivity index (χ3v) is 6.97. The fraction of sp³-hybridized carbons (Fsp3) is 0.125. The van der Waals surface area contributed by atoms with Crippen LogP contribution in [0.2, 0.25) is 0 Å². The summed E-state index contributed by atoms with van der Waals surface area (Å²) in [6.45, 7) is 2.54. The number of ketones is 1. The Kier molecular flexibility index (Phi) is 5.92. The van der Waals surface area contributed by atoms with Gasteiger partial charge in [-0.15, -0.1) is 0 Å². The lowest BCUT2D eigenvalue weighted by atomic mass is 9.93. The molecule has 1 saturated heterocycles. The largest absolute Gasteiger partial charge is 0.507 e. The summed E-state index contributed by atoms with van der Waals surface area (Å²) in [7, 11) is 0. The lowest BCUT2D eigenvalue weighted by Crippen LogP contribution is -2.29. The number of para-hydroxylation sites is 1. The highest BCUT2D eigenvalue weighted by Gasteiger charge is 2.47. The van der Waals surface area contributed by atoms with E-state index in [1.54, 1.807) is 12.1 Å². The van der Waals surface area contributed by atoms with Crippen LogP contribution in [-0.2, 0) is 16.0 Å². The van der Waals surface area contributed by atoms with Crippen molar-refractivity contribution < 1.29 is 19.4 Å². The van der Waals surface area contributed by atoms with Gasteiger partial charge in [-0.1, -0.05) is 48.0 Å². The topological polar surface area (TPSA) is 78.9 Å². The first-order chi connectivity index (χ1) is 18.5. The molecule has 0 saturated carbocycles. The average Bonchev–Trinajstić information content (AvgIpc) is 3.51. The number of benzene rings is 4. The van der Waals surface area contributed by atoms with Gasteiger partial charge in [-0.3, -0.25) is 14.5 Å². The van der Waals surface area contributed by atoms with Gasteiger partial charge < -0.3 is 15.2 Å². The molecular weight excluding hydrogens is 476 g/mol. The SMILES string of the molecule is Cc1cccc(C2/C(=C(/O)c3ccc4c(c3)CCO4)C(=O)C(=O)N2c2ccc(Nc3ccccc3)cc2)c1. The van der Waals surface area contributed by atoms with Gasteiger partial charge in [0.2, 0.25) is 0 Å². The summed E-state index contributed by atoms with van der Waals surface area (Å²) in [6, 6.07) is 29.4. The van der Waals surface area contributed by atoms with E-state index in [9.17, 15) is 14.7 Å². The van der Waals surface area contributed by atoms with Crippen LogP contribution >= 0.6 is 0 Å². The molecule has 6 rings (SSSR count). The molecule has 1 amide bonds. The van der Waals surface area contributed by atoms with Crippen LogP contribution in [-0.4, -0.2) is 23.4 Å². The maximum atomic E-state index is 13.5. The van der Waals surface area contributed by atoms with Gasteiger partial charge in [-0.25, -0.2) is 0 Å². The molecule has 6 nitrogen and oxygen atoms in total. The monoisotopic (exact) mass is 502 g/mol. The molecule has 0 radical (unpaired) electrons. The summed E-state index contributed by atoms with van der Waals surface area (Å²) in [5, 5.41) is 14.8. The standard InChI is InChI=1S/C32H26N2O4/c1-20-6-5-7-22(18-20)29-28(30(35)23-10-15-27-21(19-23)16-17-38-27)31(36)32(37)34(29)26-13-11-25(12-14-26)33-24-8-3-2-4-9-24/h2-15,18-19,29,33,35H,16-17H2,1H3/b30-28-. The van der Waals surface area contributed by atoms with Crippen molar-refractivity contribution in [2.75, 3.05) is 16.8 Å².